The Bertz CT molecular complexity index is 782. The van der Waals surface area contributed by atoms with Crippen LogP contribution < -0.4 is 10.6 Å². The van der Waals surface area contributed by atoms with Gasteiger partial charge >= 0.3 is 0 Å². The maximum Gasteiger partial charge on any atom is 0.253 e. The molecule has 0 saturated carbocycles. The monoisotopic (exact) mass is 477 g/mol. The molecule has 6 heteroatoms. The van der Waals surface area contributed by atoms with Gasteiger partial charge in [-0.1, -0.05) is 6.92 Å². The minimum atomic E-state index is -0.112. The minimum absolute atomic E-state index is 0.0879. The number of carbonyl (C=O) groups excluding carboxylic acids is 2. The largest absolute Gasteiger partial charge is 0.376 e. The van der Waals surface area contributed by atoms with Crippen LogP contribution in [0.2, 0.25) is 0 Å². The highest BCUT2D eigenvalue weighted by molar-refractivity contribution is 14.1. The van der Waals surface area contributed by atoms with E-state index in [0.717, 1.165) is 40.9 Å². The number of hydrogen-bond donors (Lipinski definition) is 2. The molecule has 0 bridgehead atoms. The fraction of sp³-hybridized carbons (Fsp3) is 0.333. The third-order valence-electron chi connectivity index (χ3n) is 4.78. The lowest BCUT2D eigenvalue weighted by Crippen LogP contribution is -2.37. The lowest BCUT2D eigenvalue weighted by atomic mass is 9.98. The second-order valence-electron chi connectivity index (χ2n) is 6.96. The quantitative estimate of drug-likeness (QED) is 0.635. The zero-order chi connectivity index (χ0) is 19.2. The van der Waals surface area contributed by atoms with Crippen molar-refractivity contribution in [3.63, 3.8) is 0 Å². The van der Waals surface area contributed by atoms with E-state index >= 15 is 0 Å². The van der Waals surface area contributed by atoms with Crippen LogP contribution in [0.25, 0.3) is 0 Å². The van der Waals surface area contributed by atoms with Gasteiger partial charge in [0, 0.05) is 33.6 Å². The molecule has 1 heterocycles. The van der Waals surface area contributed by atoms with Gasteiger partial charge in [-0.2, -0.15) is 0 Å². The van der Waals surface area contributed by atoms with Crippen LogP contribution in [0.1, 0.15) is 30.1 Å². The van der Waals surface area contributed by atoms with Gasteiger partial charge in [0.15, 0.2) is 0 Å². The van der Waals surface area contributed by atoms with Crippen molar-refractivity contribution in [3.8, 4) is 0 Å². The lowest BCUT2D eigenvalue weighted by molar-refractivity contribution is -0.114. The molecule has 2 N–H and O–H groups in total. The van der Waals surface area contributed by atoms with Crippen molar-refractivity contribution in [3.05, 3.63) is 57.7 Å². The Labute approximate surface area is 173 Å². The van der Waals surface area contributed by atoms with Crippen molar-refractivity contribution < 1.29 is 9.59 Å². The van der Waals surface area contributed by atoms with E-state index in [1.807, 2.05) is 53.4 Å². The van der Waals surface area contributed by atoms with Crippen molar-refractivity contribution in [2.75, 3.05) is 30.3 Å². The summed E-state index contributed by atoms with van der Waals surface area (Å²) in [5, 5.41) is 5.94. The Balaban J connectivity index is 1.49. The number of nitrogens with one attached hydrogen (secondary N) is 2. The summed E-state index contributed by atoms with van der Waals surface area (Å²) >= 11 is 2.22. The van der Waals surface area contributed by atoms with E-state index < -0.39 is 0 Å². The number of carbonyl (C=O) groups is 2. The molecule has 2 aromatic carbocycles. The van der Waals surface area contributed by atoms with Crippen LogP contribution in [0.5, 0.6) is 0 Å². The van der Waals surface area contributed by atoms with E-state index in [9.17, 15) is 9.59 Å². The first-order chi connectivity index (χ1) is 13.0. The summed E-state index contributed by atoms with van der Waals surface area (Å²) < 4.78 is 1.12. The summed E-state index contributed by atoms with van der Waals surface area (Å²) in [5.41, 5.74) is 2.29. The van der Waals surface area contributed by atoms with Gasteiger partial charge in [-0.15, -0.1) is 0 Å². The molecule has 1 aliphatic heterocycles. The van der Waals surface area contributed by atoms with Crippen LogP contribution in [0.15, 0.2) is 48.5 Å². The number of likely N-dealkylation sites (tertiary alicyclic amines) is 1. The Morgan fingerprint density at radius 2 is 1.59 bits per heavy atom. The number of nitrogens with zero attached hydrogens (tertiary/aromatic N) is 1. The second-order valence-corrected chi connectivity index (χ2v) is 8.21. The Kier molecular flexibility index (Phi) is 6.71. The van der Waals surface area contributed by atoms with Crippen LogP contribution in [-0.2, 0) is 4.79 Å². The Morgan fingerprint density at radius 3 is 2.22 bits per heavy atom. The topological polar surface area (TPSA) is 61.4 Å². The minimum Gasteiger partial charge on any atom is -0.376 e. The summed E-state index contributed by atoms with van der Waals surface area (Å²) in [6, 6.07) is 15.0. The molecule has 0 spiro atoms. The summed E-state index contributed by atoms with van der Waals surface area (Å²) in [6.45, 7) is 4.07. The molecule has 0 aromatic heterocycles. The molecule has 1 saturated heterocycles. The van der Waals surface area contributed by atoms with Gasteiger partial charge < -0.3 is 15.5 Å². The van der Waals surface area contributed by atoms with Gasteiger partial charge in [-0.3, -0.25) is 9.59 Å². The van der Waals surface area contributed by atoms with Crippen molar-refractivity contribution in [1.82, 2.24) is 4.90 Å². The number of benzene rings is 2. The molecular weight excluding hydrogens is 453 g/mol. The van der Waals surface area contributed by atoms with Crippen LogP contribution in [0.4, 0.5) is 11.4 Å². The van der Waals surface area contributed by atoms with E-state index in [1.165, 1.54) is 0 Å². The smallest absolute Gasteiger partial charge is 0.253 e. The number of halogens is 1. The molecule has 142 valence electrons. The van der Waals surface area contributed by atoms with E-state index in [1.54, 1.807) is 0 Å². The molecule has 0 unspecified atom stereocenters. The first kappa shape index (κ1) is 19.7. The molecule has 1 aliphatic rings. The lowest BCUT2D eigenvalue weighted by Gasteiger charge is -2.30. The van der Waals surface area contributed by atoms with Crippen molar-refractivity contribution >= 4 is 45.8 Å². The number of hydrogen-bond acceptors (Lipinski definition) is 3. The van der Waals surface area contributed by atoms with Gasteiger partial charge in [-0.05, 0) is 89.9 Å². The first-order valence-electron chi connectivity index (χ1n) is 9.20. The van der Waals surface area contributed by atoms with Crippen molar-refractivity contribution in [2.45, 2.75) is 19.8 Å². The first-order valence-corrected chi connectivity index (χ1v) is 10.3. The van der Waals surface area contributed by atoms with Crippen molar-refractivity contribution in [1.29, 1.82) is 0 Å². The van der Waals surface area contributed by atoms with E-state index in [4.69, 9.17) is 0 Å². The molecule has 3 rings (SSSR count). The van der Waals surface area contributed by atoms with E-state index in [2.05, 4.69) is 40.1 Å². The van der Waals surface area contributed by atoms with Gasteiger partial charge in [0.2, 0.25) is 5.91 Å². The number of rotatable bonds is 5. The Morgan fingerprint density at radius 1 is 1.00 bits per heavy atom. The number of anilines is 2. The van der Waals surface area contributed by atoms with Gasteiger partial charge in [0.1, 0.15) is 0 Å². The maximum atomic E-state index is 12.6. The molecule has 2 aromatic rings. The SMILES string of the molecule is CC1CCN(C(=O)c2ccc(NCC(=O)Nc3ccc(I)cc3)cc2)CC1. The predicted octanol–water partition coefficient (Wildman–Crippen LogP) is 4.21. The highest BCUT2D eigenvalue weighted by Gasteiger charge is 2.21. The van der Waals surface area contributed by atoms with Gasteiger partial charge in [0.05, 0.1) is 6.54 Å². The highest BCUT2D eigenvalue weighted by atomic mass is 127. The predicted molar refractivity (Wildman–Crippen MR) is 117 cm³/mol. The number of piperidine rings is 1. The third kappa shape index (κ3) is 5.69. The molecule has 0 radical (unpaired) electrons. The molecule has 2 amide bonds. The molecule has 0 aliphatic carbocycles. The molecule has 0 atom stereocenters. The molecule has 1 fully saturated rings. The summed E-state index contributed by atoms with van der Waals surface area (Å²) in [6.07, 6.45) is 2.14. The van der Waals surface area contributed by atoms with Crippen LogP contribution in [0.3, 0.4) is 0 Å². The Hall–Kier alpha value is -2.09. The van der Waals surface area contributed by atoms with Crippen molar-refractivity contribution in [2.24, 2.45) is 5.92 Å². The average molecular weight is 477 g/mol. The maximum absolute atomic E-state index is 12.6. The van der Waals surface area contributed by atoms with E-state index in [-0.39, 0.29) is 18.4 Å². The standard InChI is InChI=1S/C21H24IN3O2/c1-15-10-12-25(13-11-15)21(27)16-2-6-18(7-3-16)23-14-20(26)24-19-8-4-17(22)5-9-19/h2-9,15,23H,10-14H2,1H3,(H,24,26). The molecule has 27 heavy (non-hydrogen) atoms. The van der Waals surface area contributed by atoms with Gasteiger partial charge in [-0.25, -0.2) is 0 Å². The molecular formula is C21H24IN3O2. The van der Waals surface area contributed by atoms with Crippen LogP contribution >= 0.6 is 22.6 Å². The average Bonchev–Trinajstić information content (AvgIpc) is 2.69. The summed E-state index contributed by atoms with van der Waals surface area (Å²) in [7, 11) is 0. The normalized spacial score (nSPS) is 14.7. The third-order valence-corrected chi connectivity index (χ3v) is 5.50. The van der Waals surface area contributed by atoms with E-state index in [0.29, 0.717) is 11.5 Å². The number of amides is 2. The van der Waals surface area contributed by atoms with Gasteiger partial charge in [0.25, 0.3) is 5.91 Å². The summed E-state index contributed by atoms with van der Waals surface area (Å²) in [4.78, 5) is 26.5. The van der Waals surface area contributed by atoms with Crippen LogP contribution in [0, 0.1) is 9.49 Å². The highest BCUT2D eigenvalue weighted by Crippen LogP contribution is 2.19. The fourth-order valence-corrected chi connectivity index (χ4v) is 3.41. The fourth-order valence-electron chi connectivity index (χ4n) is 3.05. The molecule has 5 nitrogen and oxygen atoms in total. The zero-order valence-electron chi connectivity index (χ0n) is 15.4. The zero-order valence-corrected chi connectivity index (χ0v) is 17.5. The summed E-state index contributed by atoms with van der Waals surface area (Å²) in [5.74, 6) is 0.676. The second kappa shape index (κ2) is 9.21. The van der Waals surface area contributed by atoms with Crippen LogP contribution in [-0.4, -0.2) is 36.3 Å².